The summed E-state index contributed by atoms with van der Waals surface area (Å²) in [5.74, 6) is 0. The topological polar surface area (TPSA) is 56.0 Å². The number of hydrogen-bond donors (Lipinski definition) is 2. The molecule has 0 aliphatic carbocycles. The van der Waals surface area contributed by atoms with Gasteiger partial charge < -0.3 is 10.4 Å². The number of hydrogen-bond acceptors (Lipinski definition) is 3. The van der Waals surface area contributed by atoms with Gasteiger partial charge in [0.1, 0.15) is 0 Å². The van der Waals surface area contributed by atoms with E-state index in [1.165, 1.54) is 0 Å². The van der Waals surface area contributed by atoms with Crippen molar-refractivity contribution in [2.24, 2.45) is 0 Å². The maximum Gasteiger partial charge on any atom is 0.416 e. The average molecular weight is 244 g/mol. The van der Waals surface area contributed by atoms with Crippen molar-refractivity contribution in [1.82, 2.24) is 0 Å². The number of halogens is 3. The van der Waals surface area contributed by atoms with Crippen LogP contribution in [0.2, 0.25) is 0 Å². The zero-order chi connectivity index (χ0) is 12.9. The number of nitrogens with zero attached hydrogens (tertiary/aromatic N) is 1. The first-order valence-electron chi connectivity index (χ1n) is 4.88. The summed E-state index contributed by atoms with van der Waals surface area (Å²) in [6.45, 7) is -0.596. The van der Waals surface area contributed by atoms with Gasteiger partial charge in [-0.05, 0) is 17.7 Å². The van der Waals surface area contributed by atoms with E-state index in [9.17, 15) is 13.2 Å². The molecule has 0 amide bonds. The molecule has 0 spiro atoms. The molecule has 1 atom stereocenters. The summed E-state index contributed by atoms with van der Waals surface area (Å²) in [6, 6.07) is 8.38. The first kappa shape index (κ1) is 13.3. The molecule has 0 heterocycles. The highest BCUT2D eigenvalue weighted by Gasteiger charge is 2.37. The highest BCUT2D eigenvalue weighted by atomic mass is 19.4. The van der Waals surface area contributed by atoms with Gasteiger partial charge in [0.25, 0.3) is 0 Å². The van der Waals surface area contributed by atoms with Crippen LogP contribution in [-0.4, -0.2) is 23.9 Å². The third kappa shape index (κ3) is 4.33. The maximum absolute atomic E-state index is 12.0. The number of nitrogens with one attached hydrogen (secondary N) is 1. The van der Waals surface area contributed by atoms with Crippen LogP contribution in [-0.2, 0) is 6.42 Å². The minimum Gasteiger partial charge on any atom is -0.382 e. The van der Waals surface area contributed by atoms with Crippen LogP contribution in [0.25, 0.3) is 0 Å². The van der Waals surface area contributed by atoms with Gasteiger partial charge in [-0.15, -0.1) is 0 Å². The summed E-state index contributed by atoms with van der Waals surface area (Å²) in [7, 11) is 0. The highest BCUT2D eigenvalue weighted by Crippen LogP contribution is 2.20. The fraction of sp³-hybridized carbons (Fsp3) is 0.364. The zero-order valence-corrected chi connectivity index (χ0v) is 8.83. The Balaban J connectivity index is 2.51. The molecule has 0 aliphatic rings. The average Bonchev–Trinajstić information content (AvgIpc) is 2.27. The first-order chi connectivity index (χ1) is 7.93. The van der Waals surface area contributed by atoms with Crippen LogP contribution in [0, 0.1) is 11.3 Å². The lowest BCUT2D eigenvalue weighted by Crippen LogP contribution is -2.34. The Morgan fingerprint density at radius 1 is 1.29 bits per heavy atom. The lowest BCUT2D eigenvalue weighted by Gasteiger charge is -2.15. The lowest BCUT2D eigenvalue weighted by atomic mass is 10.1. The number of aliphatic hydroxyl groups excluding tert-OH is 1. The van der Waals surface area contributed by atoms with E-state index in [1.807, 2.05) is 6.07 Å². The van der Waals surface area contributed by atoms with E-state index < -0.39 is 18.8 Å². The molecule has 0 aromatic heterocycles. The molecule has 0 bridgehead atoms. The molecule has 0 saturated carbocycles. The quantitative estimate of drug-likeness (QED) is 0.852. The molecule has 0 fully saturated rings. The second-order valence-corrected chi connectivity index (χ2v) is 3.47. The van der Waals surface area contributed by atoms with Gasteiger partial charge in [-0.25, -0.2) is 0 Å². The van der Waals surface area contributed by atoms with Crippen molar-refractivity contribution < 1.29 is 18.3 Å². The second kappa shape index (κ2) is 5.55. The number of rotatable bonds is 4. The lowest BCUT2D eigenvalue weighted by molar-refractivity contribution is -0.198. The molecular formula is C11H11F3N2O. The predicted octanol–water partition coefficient (Wildman–Crippen LogP) is 2.09. The summed E-state index contributed by atoms with van der Waals surface area (Å²) in [5, 5.41) is 19.7. The van der Waals surface area contributed by atoms with Crippen molar-refractivity contribution in [3.63, 3.8) is 0 Å². The van der Waals surface area contributed by atoms with Crippen molar-refractivity contribution >= 4 is 5.69 Å². The Bertz CT molecular complexity index is 395. The highest BCUT2D eigenvalue weighted by molar-refractivity contribution is 5.45. The molecule has 17 heavy (non-hydrogen) atoms. The van der Waals surface area contributed by atoms with Gasteiger partial charge >= 0.3 is 6.18 Å². The number of anilines is 1. The Kier molecular flexibility index (Phi) is 4.35. The van der Waals surface area contributed by atoms with E-state index in [4.69, 9.17) is 10.4 Å². The third-order valence-electron chi connectivity index (χ3n) is 2.11. The molecule has 0 saturated heterocycles. The minimum absolute atomic E-state index is 0.255. The zero-order valence-electron chi connectivity index (χ0n) is 8.83. The van der Waals surface area contributed by atoms with Crippen LogP contribution >= 0.6 is 0 Å². The smallest absolute Gasteiger partial charge is 0.382 e. The van der Waals surface area contributed by atoms with Gasteiger partial charge in [0.05, 0.1) is 12.5 Å². The Morgan fingerprint density at radius 3 is 2.35 bits per heavy atom. The summed E-state index contributed by atoms with van der Waals surface area (Å²) >= 11 is 0. The van der Waals surface area contributed by atoms with Gasteiger partial charge in [0.2, 0.25) is 0 Å². The Labute approximate surface area is 96.5 Å². The van der Waals surface area contributed by atoms with Gasteiger partial charge in [-0.3, -0.25) is 0 Å². The summed E-state index contributed by atoms with van der Waals surface area (Å²) in [4.78, 5) is 0. The fourth-order valence-corrected chi connectivity index (χ4v) is 1.16. The second-order valence-electron chi connectivity index (χ2n) is 3.47. The standard InChI is InChI=1S/C11H11F3N2O/c12-11(13,14)10(17)7-16-9-3-1-8(2-4-9)5-6-15/h1-4,10,16-17H,5,7H2. The number of aliphatic hydroxyl groups is 1. The summed E-state index contributed by atoms with van der Waals surface area (Å²) in [6.07, 6.45) is -6.75. The number of alkyl halides is 3. The van der Waals surface area contributed by atoms with Crippen LogP contribution in [0.5, 0.6) is 0 Å². The number of benzene rings is 1. The fourth-order valence-electron chi connectivity index (χ4n) is 1.16. The van der Waals surface area contributed by atoms with Crippen molar-refractivity contribution in [3.8, 4) is 6.07 Å². The Morgan fingerprint density at radius 2 is 1.88 bits per heavy atom. The molecule has 6 heteroatoms. The third-order valence-corrected chi connectivity index (χ3v) is 2.11. The van der Waals surface area contributed by atoms with Crippen LogP contribution in [0.4, 0.5) is 18.9 Å². The van der Waals surface area contributed by atoms with Gasteiger partial charge in [-0.1, -0.05) is 12.1 Å². The van der Waals surface area contributed by atoms with E-state index >= 15 is 0 Å². The van der Waals surface area contributed by atoms with Crippen LogP contribution in [0.1, 0.15) is 5.56 Å². The molecule has 2 N–H and O–H groups in total. The van der Waals surface area contributed by atoms with Crippen molar-refractivity contribution in [2.75, 3.05) is 11.9 Å². The van der Waals surface area contributed by atoms with E-state index in [-0.39, 0.29) is 6.42 Å². The Hall–Kier alpha value is -1.74. The molecular weight excluding hydrogens is 233 g/mol. The number of nitriles is 1. The molecule has 92 valence electrons. The predicted molar refractivity (Wildman–Crippen MR) is 56.3 cm³/mol. The van der Waals surface area contributed by atoms with Gasteiger partial charge in [-0.2, -0.15) is 18.4 Å². The molecule has 1 aromatic rings. The van der Waals surface area contributed by atoms with Crippen molar-refractivity contribution in [3.05, 3.63) is 29.8 Å². The van der Waals surface area contributed by atoms with E-state index in [2.05, 4.69) is 5.32 Å². The largest absolute Gasteiger partial charge is 0.416 e. The molecule has 0 radical (unpaired) electrons. The maximum atomic E-state index is 12.0. The normalized spacial score (nSPS) is 12.9. The van der Waals surface area contributed by atoms with Crippen molar-refractivity contribution in [2.45, 2.75) is 18.7 Å². The van der Waals surface area contributed by atoms with E-state index in [0.717, 1.165) is 5.56 Å². The van der Waals surface area contributed by atoms with E-state index in [1.54, 1.807) is 24.3 Å². The molecule has 0 aliphatic heterocycles. The van der Waals surface area contributed by atoms with E-state index in [0.29, 0.717) is 5.69 Å². The molecule has 1 unspecified atom stereocenters. The van der Waals surface area contributed by atoms with Crippen LogP contribution in [0.3, 0.4) is 0 Å². The summed E-state index contributed by atoms with van der Waals surface area (Å²) in [5.41, 5.74) is 1.25. The van der Waals surface area contributed by atoms with Gasteiger partial charge in [0, 0.05) is 12.2 Å². The molecule has 1 rings (SSSR count). The van der Waals surface area contributed by atoms with Crippen molar-refractivity contribution in [1.29, 1.82) is 5.26 Å². The summed E-state index contributed by atoms with van der Waals surface area (Å²) < 4.78 is 36.0. The monoisotopic (exact) mass is 244 g/mol. The first-order valence-corrected chi connectivity index (χ1v) is 4.88. The minimum atomic E-state index is -4.62. The molecule has 3 nitrogen and oxygen atoms in total. The van der Waals surface area contributed by atoms with Crippen LogP contribution < -0.4 is 5.32 Å². The van der Waals surface area contributed by atoms with Crippen LogP contribution in [0.15, 0.2) is 24.3 Å². The molecule has 1 aromatic carbocycles. The SMILES string of the molecule is N#CCc1ccc(NCC(O)C(F)(F)F)cc1. The van der Waals surface area contributed by atoms with Gasteiger partial charge in [0.15, 0.2) is 6.10 Å².